The SMILES string of the molecule is CCCCC(O)(O)C=O. The third kappa shape index (κ3) is 4.12. The van der Waals surface area contributed by atoms with Crippen molar-refractivity contribution in [2.24, 2.45) is 0 Å². The van der Waals surface area contributed by atoms with Gasteiger partial charge in [0.15, 0.2) is 6.29 Å². The minimum atomic E-state index is -2.09. The lowest BCUT2D eigenvalue weighted by molar-refractivity contribution is -0.171. The summed E-state index contributed by atoms with van der Waals surface area (Å²) in [6.45, 7) is 1.92. The molecule has 3 nitrogen and oxygen atoms in total. The van der Waals surface area contributed by atoms with Crippen LogP contribution in [0.4, 0.5) is 0 Å². The summed E-state index contributed by atoms with van der Waals surface area (Å²) in [5.74, 6) is -2.09. The first-order chi connectivity index (χ1) is 4.12. The summed E-state index contributed by atoms with van der Waals surface area (Å²) in [4.78, 5) is 9.83. The van der Waals surface area contributed by atoms with Crippen molar-refractivity contribution in [1.82, 2.24) is 0 Å². The first-order valence-corrected chi connectivity index (χ1v) is 3.03. The topological polar surface area (TPSA) is 57.5 Å². The first kappa shape index (κ1) is 8.59. The van der Waals surface area contributed by atoms with E-state index in [0.717, 1.165) is 6.42 Å². The number of rotatable bonds is 4. The summed E-state index contributed by atoms with van der Waals surface area (Å²) in [6.07, 6.45) is 1.80. The Morgan fingerprint density at radius 1 is 1.56 bits per heavy atom. The van der Waals surface area contributed by atoms with Crippen LogP contribution in [-0.2, 0) is 4.79 Å². The van der Waals surface area contributed by atoms with Crippen molar-refractivity contribution in [3.05, 3.63) is 0 Å². The zero-order valence-corrected chi connectivity index (χ0v) is 5.50. The molecule has 0 bridgehead atoms. The molecule has 0 radical (unpaired) electrons. The van der Waals surface area contributed by atoms with E-state index in [1.165, 1.54) is 0 Å². The van der Waals surface area contributed by atoms with E-state index in [0.29, 0.717) is 6.42 Å². The smallest absolute Gasteiger partial charge is 0.220 e. The highest BCUT2D eigenvalue weighted by molar-refractivity contribution is 5.58. The molecule has 3 heteroatoms. The van der Waals surface area contributed by atoms with Crippen molar-refractivity contribution < 1.29 is 15.0 Å². The molecule has 0 aromatic rings. The molecule has 0 saturated heterocycles. The number of carbonyl (C=O) groups is 1. The summed E-state index contributed by atoms with van der Waals surface area (Å²) in [5, 5.41) is 17.3. The number of aliphatic hydroxyl groups is 2. The second-order valence-electron chi connectivity index (χ2n) is 2.10. The van der Waals surface area contributed by atoms with Crippen LogP contribution < -0.4 is 0 Å². The highest BCUT2D eigenvalue weighted by atomic mass is 16.5. The Morgan fingerprint density at radius 3 is 2.44 bits per heavy atom. The van der Waals surface area contributed by atoms with Crippen LogP contribution in [0.3, 0.4) is 0 Å². The zero-order chi connectivity index (χ0) is 7.33. The van der Waals surface area contributed by atoms with E-state index in [2.05, 4.69) is 0 Å². The normalized spacial score (nSPS) is 11.4. The number of hydrogen-bond acceptors (Lipinski definition) is 3. The molecule has 54 valence electrons. The second-order valence-corrected chi connectivity index (χ2v) is 2.10. The van der Waals surface area contributed by atoms with Gasteiger partial charge in [-0.3, -0.25) is 4.79 Å². The van der Waals surface area contributed by atoms with Crippen LogP contribution in [0.25, 0.3) is 0 Å². The predicted octanol–water partition coefficient (Wildman–Crippen LogP) is 0.0564. The van der Waals surface area contributed by atoms with E-state index >= 15 is 0 Å². The maximum Gasteiger partial charge on any atom is 0.220 e. The molecular formula is C6H12O3. The van der Waals surface area contributed by atoms with Gasteiger partial charge in [-0.05, 0) is 6.42 Å². The highest BCUT2D eigenvalue weighted by Crippen LogP contribution is 2.06. The summed E-state index contributed by atoms with van der Waals surface area (Å²) < 4.78 is 0. The van der Waals surface area contributed by atoms with Gasteiger partial charge in [0.2, 0.25) is 5.79 Å². The highest BCUT2D eigenvalue weighted by Gasteiger charge is 2.19. The molecular weight excluding hydrogens is 120 g/mol. The Kier molecular flexibility index (Phi) is 3.42. The quantitative estimate of drug-likeness (QED) is 0.420. The Hall–Kier alpha value is -0.410. The van der Waals surface area contributed by atoms with Gasteiger partial charge in [-0.25, -0.2) is 0 Å². The first-order valence-electron chi connectivity index (χ1n) is 3.03. The Morgan fingerprint density at radius 2 is 2.11 bits per heavy atom. The average molecular weight is 132 g/mol. The molecule has 0 amide bonds. The maximum atomic E-state index is 9.83. The molecule has 0 aromatic carbocycles. The molecule has 0 aliphatic carbocycles. The third-order valence-electron chi connectivity index (χ3n) is 1.09. The fourth-order valence-electron chi connectivity index (χ4n) is 0.496. The summed E-state index contributed by atoms with van der Waals surface area (Å²) in [7, 11) is 0. The van der Waals surface area contributed by atoms with Gasteiger partial charge < -0.3 is 10.2 Å². The Labute approximate surface area is 54.3 Å². The van der Waals surface area contributed by atoms with Gasteiger partial charge >= 0.3 is 0 Å². The van der Waals surface area contributed by atoms with Gasteiger partial charge in [0.1, 0.15) is 0 Å². The molecule has 0 atom stereocenters. The van der Waals surface area contributed by atoms with Crippen LogP contribution in [0.1, 0.15) is 26.2 Å². The van der Waals surface area contributed by atoms with Gasteiger partial charge in [0.05, 0.1) is 0 Å². The van der Waals surface area contributed by atoms with Crippen LogP contribution in [0, 0.1) is 0 Å². The molecule has 0 spiro atoms. The lowest BCUT2D eigenvalue weighted by Gasteiger charge is -2.11. The van der Waals surface area contributed by atoms with E-state index in [1.54, 1.807) is 0 Å². The van der Waals surface area contributed by atoms with Gasteiger partial charge in [-0.2, -0.15) is 0 Å². The molecule has 0 saturated carbocycles. The molecule has 0 aromatic heterocycles. The third-order valence-corrected chi connectivity index (χ3v) is 1.09. The van der Waals surface area contributed by atoms with Crippen molar-refractivity contribution in [3.63, 3.8) is 0 Å². The second kappa shape index (κ2) is 3.58. The predicted molar refractivity (Wildman–Crippen MR) is 32.8 cm³/mol. The van der Waals surface area contributed by atoms with E-state index in [9.17, 15) is 4.79 Å². The van der Waals surface area contributed by atoms with Crippen molar-refractivity contribution in [3.8, 4) is 0 Å². The van der Waals surface area contributed by atoms with E-state index in [1.807, 2.05) is 6.92 Å². The summed E-state index contributed by atoms with van der Waals surface area (Å²) in [6, 6.07) is 0. The standard InChI is InChI=1S/C6H12O3/c1-2-3-4-6(8,9)5-7/h5,8-9H,2-4H2,1H3. The van der Waals surface area contributed by atoms with Crippen molar-refractivity contribution in [2.45, 2.75) is 32.0 Å². The van der Waals surface area contributed by atoms with Crippen molar-refractivity contribution >= 4 is 6.29 Å². The number of hydrogen-bond donors (Lipinski definition) is 2. The van der Waals surface area contributed by atoms with Crippen LogP contribution in [0.15, 0.2) is 0 Å². The fourth-order valence-corrected chi connectivity index (χ4v) is 0.496. The van der Waals surface area contributed by atoms with Crippen LogP contribution in [0.5, 0.6) is 0 Å². The van der Waals surface area contributed by atoms with Gasteiger partial charge in [-0.1, -0.05) is 13.3 Å². The van der Waals surface area contributed by atoms with Gasteiger partial charge in [-0.15, -0.1) is 0 Å². The van der Waals surface area contributed by atoms with Gasteiger partial charge in [0.25, 0.3) is 0 Å². The zero-order valence-electron chi connectivity index (χ0n) is 5.50. The molecule has 0 heterocycles. The molecule has 9 heavy (non-hydrogen) atoms. The molecule has 0 rings (SSSR count). The van der Waals surface area contributed by atoms with E-state index in [-0.39, 0.29) is 12.7 Å². The van der Waals surface area contributed by atoms with E-state index < -0.39 is 5.79 Å². The van der Waals surface area contributed by atoms with Crippen molar-refractivity contribution in [1.29, 1.82) is 0 Å². The van der Waals surface area contributed by atoms with E-state index in [4.69, 9.17) is 10.2 Å². The number of unbranched alkanes of at least 4 members (excludes halogenated alkanes) is 1. The van der Waals surface area contributed by atoms with Crippen LogP contribution >= 0.6 is 0 Å². The van der Waals surface area contributed by atoms with Crippen LogP contribution in [0.2, 0.25) is 0 Å². The largest absolute Gasteiger partial charge is 0.360 e. The fraction of sp³-hybridized carbons (Fsp3) is 0.833. The number of carbonyl (C=O) groups excluding carboxylic acids is 1. The molecule has 0 aliphatic heterocycles. The molecule has 0 unspecified atom stereocenters. The maximum absolute atomic E-state index is 9.83. The summed E-state index contributed by atoms with van der Waals surface area (Å²) in [5.41, 5.74) is 0. The minimum absolute atomic E-state index is 0.132. The molecule has 0 fully saturated rings. The monoisotopic (exact) mass is 132 g/mol. The van der Waals surface area contributed by atoms with Gasteiger partial charge in [0, 0.05) is 6.42 Å². The average Bonchev–Trinajstić information content (AvgIpc) is 1.84. The Bertz CT molecular complexity index is 88.3. The Balaban J connectivity index is 3.45. The summed E-state index contributed by atoms with van der Waals surface area (Å²) >= 11 is 0. The molecule has 0 aliphatic rings. The number of aldehydes is 1. The molecule has 2 N–H and O–H groups in total. The lowest BCUT2D eigenvalue weighted by atomic mass is 10.1. The van der Waals surface area contributed by atoms with Crippen LogP contribution in [-0.4, -0.2) is 22.3 Å². The minimum Gasteiger partial charge on any atom is -0.360 e. The van der Waals surface area contributed by atoms with Crippen molar-refractivity contribution in [2.75, 3.05) is 0 Å². The lowest BCUT2D eigenvalue weighted by Crippen LogP contribution is -2.29.